The minimum Gasteiger partial charge on any atom is -0.342 e. The summed E-state index contributed by atoms with van der Waals surface area (Å²) in [6, 6.07) is 0. The summed E-state index contributed by atoms with van der Waals surface area (Å²) in [5, 5.41) is 3.41. The lowest BCUT2D eigenvalue weighted by atomic mass is 9.91. The van der Waals surface area contributed by atoms with Gasteiger partial charge in [-0.3, -0.25) is 9.59 Å². The van der Waals surface area contributed by atoms with Gasteiger partial charge >= 0.3 is 0 Å². The van der Waals surface area contributed by atoms with E-state index in [0.29, 0.717) is 12.5 Å². The number of amides is 2. The van der Waals surface area contributed by atoms with Crippen LogP contribution in [0, 0.1) is 11.8 Å². The van der Waals surface area contributed by atoms with E-state index in [9.17, 15) is 9.59 Å². The second-order valence-corrected chi connectivity index (χ2v) is 10.1. The highest BCUT2D eigenvalue weighted by Gasteiger charge is 2.32. The van der Waals surface area contributed by atoms with Crippen molar-refractivity contribution in [2.24, 2.45) is 11.8 Å². The number of carbonyl (C=O) groups is 2. The molecule has 2 saturated heterocycles. The van der Waals surface area contributed by atoms with Crippen LogP contribution in [0.3, 0.4) is 0 Å². The second kappa shape index (κ2) is 8.76. The van der Waals surface area contributed by atoms with Crippen LogP contribution in [0.4, 0.5) is 0 Å². The van der Waals surface area contributed by atoms with Crippen molar-refractivity contribution in [3.8, 4) is 0 Å². The van der Waals surface area contributed by atoms with Crippen LogP contribution in [0.5, 0.6) is 0 Å². The smallest absolute Gasteiger partial charge is 0.245 e. The van der Waals surface area contributed by atoms with Gasteiger partial charge in [0.2, 0.25) is 11.8 Å². The zero-order chi connectivity index (χ0) is 20.3. The van der Waals surface area contributed by atoms with Crippen molar-refractivity contribution < 1.29 is 9.59 Å². The first-order valence-corrected chi connectivity index (χ1v) is 11.3. The third-order valence-corrected chi connectivity index (χ3v) is 6.84. The zero-order valence-corrected chi connectivity index (χ0v) is 18.3. The summed E-state index contributed by atoms with van der Waals surface area (Å²) in [6.07, 6.45) is 6.23. The molecule has 2 fully saturated rings. The van der Waals surface area contributed by atoms with Gasteiger partial charge in [-0.05, 0) is 37.7 Å². The van der Waals surface area contributed by atoms with Crippen LogP contribution >= 0.6 is 11.3 Å². The molecule has 154 valence electrons. The van der Waals surface area contributed by atoms with Crippen LogP contribution in [0.15, 0.2) is 18.0 Å². The van der Waals surface area contributed by atoms with Gasteiger partial charge in [0.1, 0.15) is 0 Å². The van der Waals surface area contributed by atoms with E-state index in [-0.39, 0.29) is 23.1 Å². The van der Waals surface area contributed by atoms with E-state index in [1.807, 2.05) is 4.90 Å². The second-order valence-electron chi connectivity index (χ2n) is 9.18. The lowest BCUT2D eigenvalue weighted by molar-refractivity contribution is -0.140. The summed E-state index contributed by atoms with van der Waals surface area (Å²) in [4.78, 5) is 33.4. The Morgan fingerprint density at radius 3 is 2.54 bits per heavy atom. The molecule has 6 heteroatoms. The Balaban J connectivity index is 1.49. The maximum Gasteiger partial charge on any atom is 0.245 e. The molecule has 0 aromatic carbocycles. The van der Waals surface area contributed by atoms with Crippen LogP contribution < -0.4 is 0 Å². The molecule has 0 spiro atoms. The summed E-state index contributed by atoms with van der Waals surface area (Å²) in [6.45, 7) is 13.1. The van der Waals surface area contributed by atoms with Gasteiger partial charge in [0.15, 0.2) is 0 Å². The molecule has 1 unspecified atom stereocenters. The van der Waals surface area contributed by atoms with Gasteiger partial charge in [0, 0.05) is 43.4 Å². The molecule has 2 aliphatic heterocycles. The molecule has 1 aromatic rings. The summed E-state index contributed by atoms with van der Waals surface area (Å²) in [7, 11) is 0. The van der Waals surface area contributed by atoms with Gasteiger partial charge in [-0.1, -0.05) is 27.4 Å². The molecule has 0 aliphatic carbocycles. The Bertz CT molecular complexity index is 714. The number of piperidine rings is 2. The van der Waals surface area contributed by atoms with Crippen molar-refractivity contribution in [1.82, 2.24) is 14.8 Å². The molecule has 2 amide bonds. The van der Waals surface area contributed by atoms with E-state index in [4.69, 9.17) is 4.98 Å². The van der Waals surface area contributed by atoms with Gasteiger partial charge in [0.25, 0.3) is 0 Å². The first-order valence-electron chi connectivity index (χ1n) is 10.4. The Labute approximate surface area is 172 Å². The van der Waals surface area contributed by atoms with E-state index < -0.39 is 0 Å². The van der Waals surface area contributed by atoms with E-state index in [1.54, 1.807) is 16.2 Å². The number of nitrogens with zero attached hydrogens (tertiary/aromatic N) is 3. The first-order chi connectivity index (χ1) is 13.3. The number of carbonyl (C=O) groups excluding carboxylic acids is 2. The van der Waals surface area contributed by atoms with Gasteiger partial charge in [-0.25, -0.2) is 4.98 Å². The predicted octanol–water partition coefficient (Wildman–Crippen LogP) is 3.65. The molecular weight excluding hydrogens is 370 g/mol. The normalized spacial score (nSPS) is 21.6. The van der Waals surface area contributed by atoms with Gasteiger partial charge in [0.05, 0.1) is 16.6 Å². The van der Waals surface area contributed by atoms with Crippen molar-refractivity contribution in [3.05, 3.63) is 28.7 Å². The highest BCUT2D eigenvalue weighted by molar-refractivity contribution is 7.09. The van der Waals surface area contributed by atoms with Crippen LogP contribution in [0.2, 0.25) is 0 Å². The topological polar surface area (TPSA) is 53.5 Å². The third kappa shape index (κ3) is 5.02. The molecule has 3 heterocycles. The third-order valence-electron chi connectivity index (χ3n) is 5.97. The fraction of sp³-hybridized carbons (Fsp3) is 0.682. The maximum atomic E-state index is 12.9. The standard InChI is InChI=1S/C22H33N3O2S/c1-5-20(26)25-10-6-7-17(14-25)21(27)24-11-8-16(9-12-24)13-19-23-18(15-28-19)22(2,3)4/h5,15-17H,1,6-14H2,2-4H3. The SMILES string of the molecule is C=CC(=O)N1CCCC(C(=O)N2CCC(Cc3nc(C(C)(C)C)cs3)CC2)C1. The predicted molar refractivity (Wildman–Crippen MR) is 113 cm³/mol. The van der Waals surface area contributed by atoms with Crippen molar-refractivity contribution in [3.63, 3.8) is 0 Å². The number of hydrogen-bond acceptors (Lipinski definition) is 4. The van der Waals surface area contributed by atoms with Gasteiger partial charge in [-0.15, -0.1) is 11.3 Å². The lowest BCUT2D eigenvalue weighted by Crippen LogP contribution is -2.48. The Kier molecular flexibility index (Phi) is 6.58. The van der Waals surface area contributed by atoms with Crippen molar-refractivity contribution >= 4 is 23.2 Å². The summed E-state index contributed by atoms with van der Waals surface area (Å²) in [5.74, 6) is 0.717. The van der Waals surface area contributed by atoms with Crippen molar-refractivity contribution in [2.45, 2.75) is 58.3 Å². The fourth-order valence-electron chi connectivity index (χ4n) is 4.12. The molecule has 5 nitrogen and oxygen atoms in total. The average Bonchev–Trinajstić information content (AvgIpc) is 3.16. The highest BCUT2D eigenvalue weighted by atomic mass is 32.1. The quantitative estimate of drug-likeness (QED) is 0.721. The van der Waals surface area contributed by atoms with Crippen LogP contribution in [-0.2, 0) is 21.4 Å². The van der Waals surface area contributed by atoms with Crippen molar-refractivity contribution in [2.75, 3.05) is 26.2 Å². The van der Waals surface area contributed by atoms with E-state index in [0.717, 1.165) is 51.7 Å². The first kappa shape index (κ1) is 21.0. The maximum absolute atomic E-state index is 12.9. The van der Waals surface area contributed by atoms with E-state index >= 15 is 0 Å². The van der Waals surface area contributed by atoms with E-state index in [1.165, 1.54) is 16.8 Å². The molecule has 1 atom stereocenters. The van der Waals surface area contributed by atoms with Crippen LogP contribution in [0.25, 0.3) is 0 Å². The number of aromatic nitrogens is 1. The molecule has 0 saturated carbocycles. The minimum atomic E-state index is -0.0608. The molecular formula is C22H33N3O2S. The Morgan fingerprint density at radius 2 is 1.93 bits per heavy atom. The molecule has 1 aromatic heterocycles. The number of likely N-dealkylation sites (tertiary alicyclic amines) is 2. The molecule has 0 bridgehead atoms. The summed E-state index contributed by atoms with van der Waals surface area (Å²) < 4.78 is 0. The molecule has 0 N–H and O–H groups in total. The average molecular weight is 404 g/mol. The molecule has 3 rings (SSSR count). The van der Waals surface area contributed by atoms with E-state index in [2.05, 4.69) is 32.7 Å². The molecule has 2 aliphatic rings. The number of hydrogen-bond donors (Lipinski definition) is 0. The summed E-state index contributed by atoms with van der Waals surface area (Å²) in [5.41, 5.74) is 1.28. The van der Waals surface area contributed by atoms with Gasteiger partial charge < -0.3 is 9.80 Å². The molecule has 0 radical (unpaired) electrons. The number of rotatable bonds is 4. The van der Waals surface area contributed by atoms with Gasteiger partial charge in [-0.2, -0.15) is 0 Å². The zero-order valence-electron chi connectivity index (χ0n) is 17.4. The minimum absolute atomic E-state index is 0.0532. The number of thiazole rings is 1. The Morgan fingerprint density at radius 1 is 1.21 bits per heavy atom. The largest absolute Gasteiger partial charge is 0.342 e. The van der Waals surface area contributed by atoms with Crippen LogP contribution in [0.1, 0.15) is 57.2 Å². The lowest BCUT2D eigenvalue weighted by Gasteiger charge is -2.37. The Hall–Kier alpha value is -1.69. The monoisotopic (exact) mass is 403 g/mol. The highest BCUT2D eigenvalue weighted by Crippen LogP contribution is 2.29. The summed E-state index contributed by atoms with van der Waals surface area (Å²) >= 11 is 1.77. The van der Waals surface area contributed by atoms with Crippen molar-refractivity contribution in [1.29, 1.82) is 0 Å². The van der Waals surface area contributed by atoms with Crippen LogP contribution in [-0.4, -0.2) is 52.8 Å². The molecule has 28 heavy (non-hydrogen) atoms. The fourth-order valence-corrected chi connectivity index (χ4v) is 5.26.